The van der Waals surface area contributed by atoms with Crippen molar-refractivity contribution in [3.63, 3.8) is 0 Å². The Morgan fingerprint density at radius 2 is 1.77 bits per heavy atom. The zero-order valence-corrected chi connectivity index (χ0v) is 16.1. The quantitative estimate of drug-likeness (QED) is 0.697. The molecule has 0 bridgehead atoms. The molecule has 134 valence electrons. The average Bonchev–Trinajstić information content (AvgIpc) is 3.00. The second-order valence-corrected chi connectivity index (χ2v) is 7.32. The Balaban J connectivity index is 1.69. The smallest absolute Gasteiger partial charge is 0.234 e. The molecule has 1 aromatic heterocycles. The molecular formula is C19H21N5OS. The first-order valence-corrected chi connectivity index (χ1v) is 9.28. The number of rotatable bonds is 5. The third kappa shape index (κ3) is 4.29. The lowest BCUT2D eigenvalue weighted by molar-refractivity contribution is -0.113. The van der Waals surface area contributed by atoms with E-state index in [1.807, 2.05) is 52.0 Å². The van der Waals surface area contributed by atoms with Crippen LogP contribution in [0, 0.1) is 27.7 Å². The Hall–Kier alpha value is -2.67. The van der Waals surface area contributed by atoms with Gasteiger partial charge >= 0.3 is 0 Å². The van der Waals surface area contributed by atoms with E-state index in [1.54, 1.807) is 4.68 Å². The number of nitrogens with zero attached hydrogens (tertiary/aromatic N) is 4. The first kappa shape index (κ1) is 18.1. The van der Waals surface area contributed by atoms with Crippen LogP contribution in [-0.2, 0) is 4.79 Å². The number of hydrogen-bond acceptors (Lipinski definition) is 5. The van der Waals surface area contributed by atoms with Crippen molar-refractivity contribution < 1.29 is 4.79 Å². The lowest BCUT2D eigenvalue weighted by atomic mass is 10.1. The molecule has 6 nitrogen and oxygen atoms in total. The number of thioether (sulfide) groups is 1. The summed E-state index contributed by atoms with van der Waals surface area (Å²) < 4.78 is 1.67. The van der Waals surface area contributed by atoms with E-state index in [-0.39, 0.29) is 11.7 Å². The average molecular weight is 367 g/mol. The van der Waals surface area contributed by atoms with Crippen LogP contribution in [-0.4, -0.2) is 31.9 Å². The van der Waals surface area contributed by atoms with Crippen LogP contribution in [0.1, 0.15) is 22.3 Å². The number of carbonyl (C=O) groups is 1. The number of aryl methyl sites for hydroxylation is 4. The lowest BCUT2D eigenvalue weighted by Gasteiger charge is -2.09. The number of nitrogens with one attached hydrogen (secondary N) is 1. The first-order chi connectivity index (χ1) is 12.4. The highest BCUT2D eigenvalue weighted by Crippen LogP contribution is 2.22. The van der Waals surface area contributed by atoms with Crippen LogP contribution in [0.4, 0.5) is 5.69 Å². The summed E-state index contributed by atoms with van der Waals surface area (Å²) in [5.41, 5.74) is 6.22. The molecule has 1 N–H and O–H groups in total. The number of anilines is 1. The summed E-state index contributed by atoms with van der Waals surface area (Å²) in [7, 11) is 0. The van der Waals surface area contributed by atoms with Crippen molar-refractivity contribution in [2.45, 2.75) is 32.9 Å². The van der Waals surface area contributed by atoms with Gasteiger partial charge in [-0.15, -0.1) is 5.10 Å². The summed E-state index contributed by atoms with van der Waals surface area (Å²) in [6.45, 7) is 8.08. The summed E-state index contributed by atoms with van der Waals surface area (Å²) in [6.07, 6.45) is 0. The van der Waals surface area contributed by atoms with Crippen molar-refractivity contribution in [1.82, 2.24) is 20.2 Å². The highest BCUT2D eigenvalue weighted by atomic mass is 32.2. The molecule has 0 aliphatic rings. The van der Waals surface area contributed by atoms with Crippen LogP contribution in [0.15, 0.2) is 41.6 Å². The van der Waals surface area contributed by atoms with Gasteiger partial charge in [0.2, 0.25) is 11.1 Å². The van der Waals surface area contributed by atoms with E-state index in [0.717, 1.165) is 28.1 Å². The maximum Gasteiger partial charge on any atom is 0.234 e. The van der Waals surface area contributed by atoms with Gasteiger partial charge in [0.1, 0.15) is 0 Å². The summed E-state index contributed by atoms with van der Waals surface area (Å²) in [4.78, 5) is 12.3. The van der Waals surface area contributed by atoms with Gasteiger partial charge in [0.05, 0.1) is 11.4 Å². The van der Waals surface area contributed by atoms with Crippen molar-refractivity contribution in [1.29, 1.82) is 0 Å². The van der Waals surface area contributed by atoms with E-state index >= 15 is 0 Å². The van der Waals surface area contributed by atoms with Gasteiger partial charge < -0.3 is 5.32 Å². The van der Waals surface area contributed by atoms with Crippen LogP contribution < -0.4 is 5.32 Å². The second-order valence-electron chi connectivity index (χ2n) is 6.38. The minimum absolute atomic E-state index is 0.0878. The van der Waals surface area contributed by atoms with E-state index in [1.165, 1.54) is 17.3 Å². The number of aromatic nitrogens is 4. The normalized spacial score (nSPS) is 10.8. The van der Waals surface area contributed by atoms with E-state index in [9.17, 15) is 4.79 Å². The maximum atomic E-state index is 12.3. The first-order valence-electron chi connectivity index (χ1n) is 8.29. The van der Waals surface area contributed by atoms with Crippen molar-refractivity contribution in [3.8, 4) is 5.69 Å². The number of hydrogen-bond donors (Lipinski definition) is 1. The highest BCUT2D eigenvalue weighted by molar-refractivity contribution is 7.99. The van der Waals surface area contributed by atoms with Gasteiger partial charge in [0.15, 0.2) is 0 Å². The van der Waals surface area contributed by atoms with Gasteiger partial charge in [-0.2, -0.15) is 4.68 Å². The maximum absolute atomic E-state index is 12.3. The Bertz CT molecular complexity index is 931. The van der Waals surface area contributed by atoms with Crippen molar-refractivity contribution in [2.24, 2.45) is 0 Å². The molecule has 0 aliphatic heterocycles. The number of amides is 1. The molecule has 26 heavy (non-hydrogen) atoms. The molecule has 1 amide bonds. The van der Waals surface area contributed by atoms with Crippen LogP contribution in [0.25, 0.3) is 5.69 Å². The van der Waals surface area contributed by atoms with Crippen LogP contribution in [0.5, 0.6) is 0 Å². The fourth-order valence-electron chi connectivity index (χ4n) is 2.84. The van der Waals surface area contributed by atoms with E-state index in [0.29, 0.717) is 5.16 Å². The van der Waals surface area contributed by atoms with Crippen molar-refractivity contribution in [3.05, 3.63) is 58.7 Å². The summed E-state index contributed by atoms with van der Waals surface area (Å²) in [5.74, 6) is 0.147. The van der Waals surface area contributed by atoms with Gasteiger partial charge in [-0.25, -0.2) is 0 Å². The van der Waals surface area contributed by atoms with Crippen LogP contribution in [0.2, 0.25) is 0 Å². The fraction of sp³-hybridized carbons (Fsp3) is 0.263. The third-order valence-electron chi connectivity index (χ3n) is 3.86. The predicted molar refractivity (Wildman–Crippen MR) is 104 cm³/mol. The van der Waals surface area contributed by atoms with Gasteiger partial charge in [0, 0.05) is 5.69 Å². The van der Waals surface area contributed by atoms with Gasteiger partial charge in [0.25, 0.3) is 0 Å². The van der Waals surface area contributed by atoms with Gasteiger partial charge in [-0.05, 0) is 73.0 Å². The Morgan fingerprint density at radius 1 is 1.04 bits per heavy atom. The molecule has 0 saturated carbocycles. The largest absolute Gasteiger partial charge is 0.325 e. The molecule has 0 unspecified atom stereocenters. The van der Waals surface area contributed by atoms with Crippen LogP contribution >= 0.6 is 11.8 Å². The molecule has 7 heteroatoms. The number of benzene rings is 2. The monoisotopic (exact) mass is 367 g/mol. The zero-order chi connectivity index (χ0) is 18.7. The molecule has 0 radical (unpaired) electrons. The molecular weight excluding hydrogens is 346 g/mol. The SMILES string of the molecule is Cc1cc(C)cc(NC(=O)CSc2nnnn2-c2ccc(C)cc2C)c1. The van der Waals surface area contributed by atoms with Crippen LogP contribution in [0.3, 0.4) is 0 Å². The molecule has 2 aromatic carbocycles. The standard InChI is InChI=1S/C19H21N5OS/c1-12-5-6-17(15(4)8-12)24-19(21-22-23-24)26-11-18(25)20-16-9-13(2)7-14(3)10-16/h5-10H,11H2,1-4H3,(H,20,25). The molecule has 0 saturated heterocycles. The summed E-state index contributed by atoms with van der Waals surface area (Å²) in [6, 6.07) is 12.1. The third-order valence-corrected chi connectivity index (χ3v) is 4.78. The molecule has 1 heterocycles. The van der Waals surface area contributed by atoms with E-state index < -0.39 is 0 Å². The lowest BCUT2D eigenvalue weighted by Crippen LogP contribution is -2.15. The Labute approximate surface area is 157 Å². The van der Waals surface area contributed by atoms with Gasteiger partial charge in [-0.3, -0.25) is 4.79 Å². The molecule has 3 aromatic rings. The summed E-state index contributed by atoms with van der Waals surface area (Å²) in [5, 5.41) is 15.4. The molecule has 0 atom stereocenters. The molecule has 0 spiro atoms. The highest BCUT2D eigenvalue weighted by Gasteiger charge is 2.13. The van der Waals surface area contributed by atoms with Gasteiger partial charge in [-0.1, -0.05) is 35.5 Å². The fourth-order valence-corrected chi connectivity index (χ4v) is 3.52. The minimum Gasteiger partial charge on any atom is -0.325 e. The zero-order valence-electron chi connectivity index (χ0n) is 15.3. The Morgan fingerprint density at radius 3 is 2.46 bits per heavy atom. The Kier molecular flexibility index (Phi) is 5.37. The van der Waals surface area contributed by atoms with E-state index in [2.05, 4.69) is 33.0 Å². The second kappa shape index (κ2) is 7.70. The van der Waals surface area contributed by atoms with Crippen molar-refractivity contribution in [2.75, 3.05) is 11.1 Å². The predicted octanol–water partition coefficient (Wildman–Crippen LogP) is 3.63. The summed E-state index contributed by atoms with van der Waals surface area (Å²) >= 11 is 1.31. The molecule has 0 fully saturated rings. The topological polar surface area (TPSA) is 72.7 Å². The number of tetrazole rings is 1. The minimum atomic E-state index is -0.0878. The molecule has 3 rings (SSSR count). The molecule has 0 aliphatic carbocycles. The van der Waals surface area contributed by atoms with Crippen molar-refractivity contribution >= 4 is 23.4 Å². The van der Waals surface area contributed by atoms with E-state index in [4.69, 9.17) is 0 Å². The number of carbonyl (C=O) groups excluding carboxylic acids is 1.